The lowest BCUT2D eigenvalue weighted by molar-refractivity contribution is 0.0240. The first-order chi connectivity index (χ1) is 14.2. The summed E-state index contributed by atoms with van der Waals surface area (Å²) in [5, 5.41) is 0. The number of hydrogen-bond acceptors (Lipinski definition) is 8. The first-order valence-corrected chi connectivity index (χ1v) is 9.63. The molecule has 1 aliphatic heterocycles. The lowest BCUT2D eigenvalue weighted by Crippen LogP contribution is -2.50. The molecule has 0 spiro atoms. The van der Waals surface area contributed by atoms with Crippen molar-refractivity contribution in [3.05, 3.63) is 42.0 Å². The van der Waals surface area contributed by atoms with E-state index >= 15 is 0 Å². The first kappa shape index (κ1) is 21.3. The molecule has 10 nitrogen and oxygen atoms in total. The summed E-state index contributed by atoms with van der Waals surface area (Å²) in [7, 11) is 0. The molecule has 1 aliphatic rings. The number of nitrogens with two attached hydrogens (primary N) is 1. The summed E-state index contributed by atoms with van der Waals surface area (Å²) in [5.41, 5.74) is 5.79. The van der Waals surface area contributed by atoms with E-state index in [-0.39, 0.29) is 12.7 Å². The van der Waals surface area contributed by atoms with E-state index in [1.165, 1.54) is 6.20 Å². The van der Waals surface area contributed by atoms with Crippen molar-refractivity contribution in [2.24, 2.45) is 5.73 Å². The molecule has 1 saturated heterocycles. The Morgan fingerprint density at radius 1 is 1.10 bits per heavy atom. The van der Waals surface area contributed by atoms with Gasteiger partial charge in [0.15, 0.2) is 5.75 Å². The topological polar surface area (TPSA) is 124 Å². The normalized spacial score (nSPS) is 14.4. The van der Waals surface area contributed by atoms with Crippen LogP contribution in [0.15, 0.2) is 30.9 Å². The molecule has 0 aliphatic carbocycles. The largest absolute Gasteiger partial charge is 0.486 e. The minimum absolute atomic E-state index is 0.151. The van der Waals surface area contributed by atoms with Crippen molar-refractivity contribution in [2.45, 2.75) is 33.0 Å². The molecule has 2 aromatic rings. The highest BCUT2D eigenvalue weighted by Crippen LogP contribution is 2.17. The van der Waals surface area contributed by atoms with Gasteiger partial charge < -0.3 is 25.0 Å². The van der Waals surface area contributed by atoms with Crippen LogP contribution in [-0.4, -0.2) is 63.6 Å². The Morgan fingerprint density at radius 3 is 2.37 bits per heavy atom. The Balaban J connectivity index is 1.53. The van der Waals surface area contributed by atoms with E-state index in [1.807, 2.05) is 25.7 Å². The van der Waals surface area contributed by atoms with E-state index < -0.39 is 11.5 Å². The van der Waals surface area contributed by atoms with E-state index in [0.29, 0.717) is 49.0 Å². The predicted octanol–water partition coefficient (Wildman–Crippen LogP) is 1.61. The van der Waals surface area contributed by atoms with Gasteiger partial charge in [-0.3, -0.25) is 9.78 Å². The number of aromatic nitrogens is 3. The van der Waals surface area contributed by atoms with E-state index in [9.17, 15) is 9.59 Å². The fourth-order valence-electron chi connectivity index (χ4n) is 2.89. The summed E-state index contributed by atoms with van der Waals surface area (Å²) < 4.78 is 11.1. The highest BCUT2D eigenvalue weighted by molar-refractivity contribution is 5.93. The van der Waals surface area contributed by atoms with Crippen LogP contribution < -0.4 is 15.4 Å². The Bertz CT molecular complexity index is 889. The average Bonchev–Trinajstić information content (AvgIpc) is 2.71. The van der Waals surface area contributed by atoms with E-state index in [0.717, 1.165) is 0 Å². The lowest BCUT2D eigenvalue weighted by atomic mass is 10.1. The molecule has 0 atom stereocenters. The van der Waals surface area contributed by atoms with Gasteiger partial charge in [0.05, 0.1) is 18.0 Å². The Hall–Kier alpha value is -3.43. The van der Waals surface area contributed by atoms with Gasteiger partial charge in [-0.05, 0) is 26.8 Å². The smallest absolute Gasteiger partial charge is 0.410 e. The average molecular weight is 414 g/mol. The fraction of sp³-hybridized carbons (Fsp3) is 0.450. The quantitative estimate of drug-likeness (QED) is 0.782. The van der Waals surface area contributed by atoms with Gasteiger partial charge in [0.1, 0.15) is 12.2 Å². The van der Waals surface area contributed by atoms with Crippen molar-refractivity contribution >= 4 is 17.9 Å². The number of rotatable bonds is 5. The van der Waals surface area contributed by atoms with Crippen LogP contribution in [0.5, 0.6) is 5.75 Å². The number of hydrogen-bond donors (Lipinski definition) is 1. The number of piperazine rings is 1. The van der Waals surface area contributed by atoms with Gasteiger partial charge in [0.25, 0.3) is 5.91 Å². The number of carbonyl (C=O) groups excluding carboxylic acids is 2. The molecular weight excluding hydrogens is 388 g/mol. The fourth-order valence-corrected chi connectivity index (χ4v) is 2.89. The summed E-state index contributed by atoms with van der Waals surface area (Å²) in [6.07, 6.45) is 5.83. The maximum atomic E-state index is 12.2. The third kappa shape index (κ3) is 5.56. The highest BCUT2D eigenvalue weighted by atomic mass is 16.6. The van der Waals surface area contributed by atoms with Crippen molar-refractivity contribution in [2.75, 3.05) is 31.1 Å². The summed E-state index contributed by atoms with van der Waals surface area (Å²) in [6, 6.07) is 1.68. The van der Waals surface area contributed by atoms with Crippen LogP contribution >= 0.6 is 0 Å². The van der Waals surface area contributed by atoms with Crippen LogP contribution in [0.3, 0.4) is 0 Å². The van der Waals surface area contributed by atoms with Crippen molar-refractivity contribution in [1.29, 1.82) is 0 Å². The Morgan fingerprint density at radius 2 is 1.77 bits per heavy atom. The predicted molar refractivity (Wildman–Crippen MR) is 109 cm³/mol. The maximum Gasteiger partial charge on any atom is 0.410 e. The molecule has 0 bridgehead atoms. The van der Waals surface area contributed by atoms with Crippen LogP contribution in [0.2, 0.25) is 0 Å². The molecule has 160 valence electrons. The molecule has 0 unspecified atom stereocenters. The van der Waals surface area contributed by atoms with Crippen LogP contribution in [0.25, 0.3) is 0 Å². The first-order valence-electron chi connectivity index (χ1n) is 9.63. The monoisotopic (exact) mass is 414 g/mol. The van der Waals surface area contributed by atoms with E-state index in [4.69, 9.17) is 15.2 Å². The summed E-state index contributed by atoms with van der Waals surface area (Å²) in [5.74, 6) is 0.477. The number of carbonyl (C=O) groups is 2. The zero-order valence-electron chi connectivity index (χ0n) is 17.4. The standard InChI is InChI=1S/C20H26N6O4/c1-20(2,3)30-19(28)26-8-6-25(7-9-26)18-23-10-15(11-24-18)29-13-14-4-5-22-12-16(14)17(21)27/h4-5,10-12H,6-9,13H2,1-3H3,(H2,21,27). The minimum Gasteiger partial charge on any atom is -0.486 e. The molecule has 0 saturated carbocycles. The molecule has 10 heteroatoms. The van der Waals surface area contributed by atoms with Gasteiger partial charge in [-0.1, -0.05) is 0 Å². The van der Waals surface area contributed by atoms with Gasteiger partial charge in [-0.15, -0.1) is 0 Å². The second kappa shape index (κ2) is 8.93. The summed E-state index contributed by atoms with van der Waals surface area (Å²) >= 11 is 0. The number of anilines is 1. The van der Waals surface area contributed by atoms with Gasteiger partial charge >= 0.3 is 6.09 Å². The second-order valence-corrected chi connectivity index (χ2v) is 7.86. The van der Waals surface area contributed by atoms with Crippen molar-refractivity contribution in [3.63, 3.8) is 0 Å². The zero-order valence-corrected chi connectivity index (χ0v) is 17.4. The van der Waals surface area contributed by atoms with Gasteiger partial charge in [0.2, 0.25) is 5.95 Å². The van der Waals surface area contributed by atoms with E-state index in [1.54, 1.807) is 29.6 Å². The molecule has 3 rings (SSSR count). The SMILES string of the molecule is CC(C)(C)OC(=O)N1CCN(c2ncc(OCc3ccncc3C(N)=O)cn2)CC1. The number of nitrogens with zero attached hydrogens (tertiary/aromatic N) is 5. The van der Waals surface area contributed by atoms with E-state index in [2.05, 4.69) is 15.0 Å². The zero-order chi connectivity index (χ0) is 21.7. The van der Waals surface area contributed by atoms with Crippen LogP contribution in [-0.2, 0) is 11.3 Å². The number of amides is 2. The molecule has 3 heterocycles. The highest BCUT2D eigenvalue weighted by Gasteiger charge is 2.26. The Labute approximate surface area is 175 Å². The van der Waals surface area contributed by atoms with Crippen LogP contribution in [0, 0.1) is 0 Å². The van der Waals surface area contributed by atoms with Crippen molar-refractivity contribution in [3.8, 4) is 5.75 Å². The molecule has 2 amide bonds. The summed E-state index contributed by atoms with van der Waals surface area (Å²) in [4.78, 5) is 39.9. The molecule has 0 radical (unpaired) electrons. The minimum atomic E-state index is -0.557. The molecular formula is C20H26N6O4. The summed E-state index contributed by atoms with van der Waals surface area (Å²) in [6.45, 7) is 7.99. The van der Waals surface area contributed by atoms with Crippen molar-refractivity contribution < 1.29 is 19.1 Å². The third-order valence-electron chi connectivity index (χ3n) is 4.40. The molecule has 1 fully saturated rings. The molecule has 2 aromatic heterocycles. The lowest BCUT2D eigenvalue weighted by Gasteiger charge is -2.35. The molecule has 30 heavy (non-hydrogen) atoms. The van der Waals surface area contributed by atoms with Crippen LogP contribution in [0.1, 0.15) is 36.7 Å². The van der Waals surface area contributed by atoms with Gasteiger partial charge in [-0.25, -0.2) is 14.8 Å². The third-order valence-corrected chi connectivity index (χ3v) is 4.40. The molecule has 0 aromatic carbocycles. The van der Waals surface area contributed by atoms with Crippen LogP contribution in [0.4, 0.5) is 10.7 Å². The van der Waals surface area contributed by atoms with Crippen molar-refractivity contribution in [1.82, 2.24) is 19.9 Å². The number of ether oxygens (including phenoxy) is 2. The number of primary amides is 1. The number of pyridine rings is 1. The van der Waals surface area contributed by atoms with Gasteiger partial charge in [0, 0.05) is 44.1 Å². The second-order valence-electron chi connectivity index (χ2n) is 7.86. The Kier molecular flexibility index (Phi) is 6.34. The van der Waals surface area contributed by atoms with Gasteiger partial charge in [-0.2, -0.15) is 0 Å². The molecule has 2 N–H and O–H groups in total. The maximum absolute atomic E-state index is 12.2.